The van der Waals surface area contributed by atoms with E-state index in [0.717, 1.165) is 0 Å². The smallest absolute Gasteiger partial charge is 0.303 e. The van der Waals surface area contributed by atoms with Gasteiger partial charge in [0.25, 0.3) is 0 Å². The molecule has 1 N–H and O–H groups in total. The van der Waals surface area contributed by atoms with Crippen LogP contribution in [-0.2, 0) is 11.2 Å². The highest BCUT2D eigenvalue weighted by Gasteiger charge is 2.24. The number of hydrogen-bond acceptors (Lipinski definition) is 3. The van der Waals surface area contributed by atoms with Crippen LogP contribution >= 0.6 is 15.9 Å². The molecule has 0 spiro atoms. The van der Waals surface area contributed by atoms with Gasteiger partial charge in [-0.2, -0.15) is 0 Å². The standard InChI is InChI=1S/C10H8BrFO4/c11-6-3-7-10(16-4-15-7)5(9(6)12)1-2-8(13)14/h3H,1-2,4H2,(H,13,14). The molecule has 0 amide bonds. The van der Waals surface area contributed by atoms with Crippen molar-refractivity contribution in [3.63, 3.8) is 0 Å². The van der Waals surface area contributed by atoms with Crippen LogP contribution in [0.1, 0.15) is 12.0 Å². The zero-order valence-corrected chi connectivity index (χ0v) is 9.71. The molecule has 1 aliphatic rings. The van der Waals surface area contributed by atoms with Gasteiger partial charge in [-0.15, -0.1) is 0 Å². The molecule has 0 fully saturated rings. The Kier molecular flexibility index (Phi) is 3.00. The topological polar surface area (TPSA) is 55.8 Å². The van der Waals surface area contributed by atoms with E-state index in [1.807, 2.05) is 0 Å². The summed E-state index contributed by atoms with van der Waals surface area (Å²) in [5, 5.41) is 8.58. The highest BCUT2D eigenvalue weighted by Crippen LogP contribution is 2.41. The summed E-state index contributed by atoms with van der Waals surface area (Å²) in [6.07, 6.45) is -0.0739. The summed E-state index contributed by atoms with van der Waals surface area (Å²) in [4.78, 5) is 10.5. The number of carboxylic acids is 1. The number of carbonyl (C=O) groups is 1. The van der Waals surface area contributed by atoms with Gasteiger partial charge in [-0.3, -0.25) is 4.79 Å². The Bertz CT molecular complexity index is 447. The third-order valence-corrected chi connectivity index (χ3v) is 2.81. The number of ether oxygens (including phenoxy) is 2. The number of rotatable bonds is 3. The lowest BCUT2D eigenvalue weighted by atomic mass is 10.1. The summed E-state index contributed by atoms with van der Waals surface area (Å²) in [6.45, 7) is 0.0330. The highest BCUT2D eigenvalue weighted by atomic mass is 79.9. The van der Waals surface area contributed by atoms with Gasteiger partial charge in [0.2, 0.25) is 6.79 Å². The van der Waals surface area contributed by atoms with Crippen LogP contribution < -0.4 is 9.47 Å². The summed E-state index contributed by atoms with van der Waals surface area (Å²) < 4.78 is 24.2. The zero-order chi connectivity index (χ0) is 11.7. The Labute approximate surface area is 99.1 Å². The summed E-state index contributed by atoms with van der Waals surface area (Å²) in [6, 6.07) is 1.47. The van der Waals surface area contributed by atoms with E-state index >= 15 is 0 Å². The van der Waals surface area contributed by atoms with Crippen molar-refractivity contribution in [1.29, 1.82) is 0 Å². The molecule has 0 radical (unpaired) electrons. The van der Waals surface area contributed by atoms with Gasteiger partial charge in [-0.25, -0.2) is 4.39 Å². The molecule has 1 heterocycles. The predicted octanol–water partition coefficient (Wildman–Crippen LogP) is 2.33. The van der Waals surface area contributed by atoms with Crippen LogP contribution in [0.15, 0.2) is 10.5 Å². The molecule has 0 atom stereocenters. The molecule has 1 aliphatic heterocycles. The molecular weight excluding hydrogens is 283 g/mol. The first-order chi connectivity index (χ1) is 7.59. The summed E-state index contributed by atoms with van der Waals surface area (Å²) >= 11 is 3.05. The van der Waals surface area contributed by atoms with Gasteiger partial charge in [0.1, 0.15) is 5.82 Å². The average Bonchev–Trinajstić information content (AvgIpc) is 2.65. The molecule has 86 valence electrons. The number of aliphatic carboxylic acids is 1. The van der Waals surface area contributed by atoms with E-state index in [-0.39, 0.29) is 29.7 Å². The molecule has 0 aromatic heterocycles. The van der Waals surface area contributed by atoms with Crippen molar-refractivity contribution in [2.24, 2.45) is 0 Å². The second-order valence-corrected chi connectivity index (χ2v) is 4.13. The van der Waals surface area contributed by atoms with Gasteiger partial charge in [-0.05, 0) is 22.4 Å². The predicted molar refractivity (Wildman–Crippen MR) is 56.2 cm³/mol. The van der Waals surface area contributed by atoms with Gasteiger partial charge >= 0.3 is 5.97 Å². The van der Waals surface area contributed by atoms with E-state index in [9.17, 15) is 9.18 Å². The molecule has 1 aromatic carbocycles. The molecule has 16 heavy (non-hydrogen) atoms. The minimum atomic E-state index is -0.980. The first kappa shape index (κ1) is 11.2. The molecule has 1 aromatic rings. The maximum Gasteiger partial charge on any atom is 0.303 e. The molecule has 0 unspecified atom stereocenters. The van der Waals surface area contributed by atoms with Crippen LogP contribution in [0.5, 0.6) is 11.5 Å². The number of hydrogen-bond donors (Lipinski definition) is 1. The van der Waals surface area contributed by atoms with Gasteiger partial charge in [-0.1, -0.05) is 0 Å². The van der Waals surface area contributed by atoms with Gasteiger partial charge in [0.15, 0.2) is 11.5 Å². The maximum absolute atomic E-state index is 13.7. The maximum atomic E-state index is 13.7. The van der Waals surface area contributed by atoms with Crippen molar-refractivity contribution in [1.82, 2.24) is 0 Å². The fourth-order valence-corrected chi connectivity index (χ4v) is 1.96. The average molecular weight is 291 g/mol. The lowest BCUT2D eigenvalue weighted by Crippen LogP contribution is -2.01. The Balaban J connectivity index is 2.38. The fraction of sp³-hybridized carbons (Fsp3) is 0.300. The van der Waals surface area contributed by atoms with Crippen LogP contribution in [-0.4, -0.2) is 17.9 Å². The number of carboxylic acid groups (broad SMARTS) is 1. The Morgan fingerprint density at radius 2 is 2.31 bits per heavy atom. The van der Waals surface area contributed by atoms with Gasteiger partial charge < -0.3 is 14.6 Å². The van der Waals surface area contributed by atoms with E-state index in [4.69, 9.17) is 14.6 Å². The van der Waals surface area contributed by atoms with Gasteiger partial charge in [0.05, 0.1) is 4.47 Å². The Hall–Kier alpha value is -1.30. The number of halogens is 2. The zero-order valence-electron chi connectivity index (χ0n) is 8.13. The van der Waals surface area contributed by atoms with Crippen molar-refractivity contribution >= 4 is 21.9 Å². The van der Waals surface area contributed by atoms with E-state index in [1.165, 1.54) is 6.07 Å². The number of benzene rings is 1. The summed E-state index contributed by atoms with van der Waals surface area (Å²) in [5.74, 6) is -0.729. The second kappa shape index (κ2) is 4.29. The van der Waals surface area contributed by atoms with Crippen LogP contribution in [0.2, 0.25) is 0 Å². The third-order valence-electron chi connectivity index (χ3n) is 2.24. The van der Waals surface area contributed by atoms with Crippen molar-refractivity contribution in [2.75, 3.05) is 6.79 Å². The summed E-state index contributed by atoms with van der Waals surface area (Å²) in [7, 11) is 0. The molecule has 6 heteroatoms. The van der Waals surface area contributed by atoms with Crippen molar-refractivity contribution < 1.29 is 23.8 Å². The second-order valence-electron chi connectivity index (χ2n) is 3.28. The Morgan fingerprint density at radius 3 is 3.00 bits per heavy atom. The Morgan fingerprint density at radius 1 is 1.56 bits per heavy atom. The molecule has 0 aliphatic carbocycles. The molecule has 0 bridgehead atoms. The minimum absolute atomic E-state index is 0.0330. The minimum Gasteiger partial charge on any atom is -0.481 e. The van der Waals surface area contributed by atoms with E-state index in [2.05, 4.69) is 15.9 Å². The molecule has 0 saturated carbocycles. The SMILES string of the molecule is O=C(O)CCc1c(F)c(Br)cc2c1OCO2. The monoisotopic (exact) mass is 290 g/mol. The lowest BCUT2D eigenvalue weighted by molar-refractivity contribution is -0.136. The van der Waals surface area contributed by atoms with E-state index < -0.39 is 11.8 Å². The number of fused-ring (bicyclic) bond motifs is 1. The molecule has 2 rings (SSSR count). The van der Waals surface area contributed by atoms with Crippen LogP contribution in [0.25, 0.3) is 0 Å². The third kappa shape index (κ3) is 1.97. The lowest BCUT2D eigenvalue weighted by Gasteiger charge is -2.07. The van der Waals surface area contributed by atoms with Crippen molar-refractivity contribution in [2.45, 2.75) is 12.8 Å². The van der Waals surface area contributed by atoms with E-state index in [1.54, 1.807) is 0 Å². The fourth-order valence-electron chi connectivity index (χ4n) is 1.51. The largest absolute Gasteiger partial charge is 0.481 e. The normalized spacial score (nSPS) is 12.9. The first-order valence-electron chi connectivity index (χ1n) is 4.58. The quantitative estimate of drug-likeness (QED) is 0.928. The van der Waals surface area contributed by atoms with Crippen LogP contribution in [0.4, 0.5) is 4.39 Å². The van der Waals surface area contributed by atoms with Crippen molar-refractivity contribution in [3.05, 3.63) is 21.9 Å². The van der Waals surface area contributed by atoms with Crippen LogP contribution in [0, 0.1) is 5.82 Å². The van der Waals surface area contributed by atoms with Gasteiger partial charge in [0, 0.05) is 18.1 Å². The van der Waals surface area contributed by atoms with Crippen LogP contribution in [0.3, 0.4) is 0 Å². The van der Waals surface area contributed by atoms with Crippen molar-refractivity contribution in [3.8, 4) is 11.5 Å². The molecule has 0 saturated heterocycles. The molecule has 4 nitrogen and oxygen atoms in total. The molecular formula is C10H8BrFO4. The summed E-state index contributed by atoms with van der Waals surface area (Å²) in [5.41, 5.74) is 0.240. The van der Waals surface area contributed by atoms with E-state index in [0.29, 0.717) is 11.5 Å². The highest BCUT2D eigenvalue weighted by molar-refractivity contribution is 9.10. The first-order valence-corrected chi connectivity index (χ1v) is 5.37.